The summed E-state index contributed by atoms with van der Waals surface area (Å²) >= 11 is 2.13. The topological polar surface area (TPSA) is 88.4 Å². The highest BCUT2D eigenvalue weighted by Gasteiger charge is 2.31. The highest BCUT2D eigenvalue weighted by atomic mass is 127. The van der Waals surface area contributed by atoms with Gasteiger partial charge in [0.15, 0.2) is 11.5 Å². The van der Waals surface area contributed by atoms with Gasteiger partial charge >= 0.3 is 5.97 Å². The normalized spacial score (nSPS) is 14.7. The first-order chi connectivity index (χ1) is 14.9. The summed E-state index contributed by atoms with van der Waals surface area (Å²) in [5.41, 5.74) is 2.48. The van der Waals surface area contributed by atoms with Crippen LogP contribution in [0.15, 0.2) is 47.1 Å². The van der Waals surface area contributed by atoms with Crippen LogP contribution in [0.1, 0.15) is 42.6 Å². The molecule has 8 heteroatoms. The van der Waals surface area contributed by atoms with Gasteiger partial charge in [-0.25, -0.2) is 4.79 Å². The Kier molecular flexibility index (Phi) is 7.32. The number of aromatic hydroxyl groups is 1. The average molecular weight is 534 g/mol. The first-order valence-corrected chi connectivity index (χ1v) is 10.9. The molecule has 162 valence electrons. The van der Waals surface area contributed by atoms with E-state index in [1.807, 2.05) is 6.92 Å². The molecule has 1 N–H and O–H groups in total. The van der Waals surface area contributed by atoms with Crippen LogP contribution in [-0.4, -0.2) is 36.4 Å². The van der Waals surface area contributed by atoms with Crippen LogP contribution in [0.4, 0.5) is 5.69 Å². The number of carbonyl (C=O) groups is 2. The van der Waals surface area contributed by atoms with Crippen LogP contribution in [0.5, 0.6) is 11.5 Å². The second-order valence-electron chi connectivity index (χ2n) is 6.78. The van der Waals surface area contributed by atoms with E-state index in [0.29, 0.717) is 46.9 Å². The minimum atomic E-state index is -0.416. The number of ether oxygens (including phenoxy) is 2. The number of benzene rings is 2. The first-order valence-electron chi connectivity index (χ1n) is 9.87. The number of rotatable bonds is 7. The van der Waals surface area contributed by atoms with Crippen LogP contribution >= 0.6 is 22.6 Å². The van der Waals surface area contributed by atoms with Crippen molar-refractivity contribution < 1.29 is 24.2 Å². The van der Waals surface area contributed by atoms with Crippen molar-refractivity contribution in [1.29, 1.82) is 0 Å². The largest absolute Gasteiger partial charge is 0.504 e. The predicted molar refractivity (Wildman–Crippen MR) is 128 cm³/mol. The van der Waals surface area contributed by atoms with E-state index in [0.717, 1.165) is 9.99 Å². The molecule has 0 atom stereocenters. The highest BCUT2D eigenvalue weighted by molar-refractivity contribution is 14.1. The van der Waals surface area contributed by atoms with Crippen LogP contribution in [0, 0.1) is 3.57 Å². The zero-order chi connectivity index (χ0) is 22.5. The lowest BCUT2D eigenvalue weighted by Crippen LogP contribution is -2.21. The van der Waals surface area contributed by atoms with Gasteiger partial charge in [-0.15, -0.1) is 0 Å². The summed E-state index contributed by atoms with van der Waals surface area (Å²) in [5.74, 6) is -0.411. The van der Waals surface area contributed by atoms with E-state index in [2.05, 4.69) is 27.7 Å². The third-order valence-electron chi connectivity index (χ3n) is 4.65. The van der Waals surface area contributed by atoms with E-state index in [4.69, 9.17) is 9.47 Å². The SMILES string of the molecule is CCCC1=NN(c2ccc(C(=O)OCC)cc2)C(=O)/C1=C/c1cc(I)cc(OC)c1O. The molecule has 31 heavy (non-hydrogen) atoms. The lowest BCUT2D eigenvalue weighted by atomic mass is 10.0. The van der Waals surface area contributed by atoms with Gasteiger partial charge in [-0.05, 0) is 78.4 Å². The maximum absolute atomic E-state index is 13.2. The van der Waals surface area contributed by atoms with Gasteiger partial charge in [0.25, 0.3) is 5.91 Å². The fraction of sp³-hybridized carbons (Fsp3) is 0.261. The fourth-order valence-corrected chi connectivity index (χ4v) is 3.79. The number of amides is 1. The molecule has 1 heterocycles. The Morgan fingerprint density at radius 1 is 1.23 bits per heavy atom. The van der Waals surface area contributed by atoms with E-state index in [9.17, 15) is 14.7 Å². The number of carbonyl (C=O) groups excluding carboxylic acids is 2. The number of methoxy groups -OCH3 is 1. The van der Waals surface area contributed by atoms with Crippen molar-refractivity contribution >= 4 is 51.9 Å². The van der Waals surface area contributed by atoms with Crippen LogP contribution in [-0.2, 0) is 9.53 Å². The minimum absolute atomic E-state index is 0.0312. The monoisotopic (exact) mass is 534 g/mol. The zero-order valence-electron chi connectivity index (χ0n) is 17.5. The Hall–Kier alpha value is -2.88. The molecule has 1 amide bonds. The van der Waals surface area contributed by atoms with Crippen LogP contribution < -0.4 is 9.75 Å². The molecule has 2 aromatic rings. The lowest BCUT2D eigenvalue weighted by Gasteiger charge is -2.12. The van der Waals surface area contributed by atoms with E-state index in [1.165, 1.54) is 12.1 Å². The van der Waals surface area contributed by atoms with Gasteiger partial charge in [0, 0.05) is 9.13 Å². The maximum Gasteiger partial charge on any atom is 0.338 e. The molecule has 0 bridgehead atoms. The predicted octanol–water partition coefficient (Wildman–Crippen LogP) is 4.77. The molecule has 0 aromatic heterocycles. The summed E-state index contributed by atoms with van der Waals surface area (Å²) in [6, 6.07) is 10.0. The molecule has 0 spiro atoms. The molecule has 0 unspecified atom stereocenters. The Bertz CT molecular complexity index is 1060. The second-order valence-corrected chi connectivity index (χ2v) is 8.03. The van der Waals surface area contributed by atoms with Gasteiger partial charge in [-0.1, -0.05) is 13.3 Å². The number of hydrogen-bond donors (Lipinski definition) is 1. The number of halogens is 1. The Labute approximate surface area is 194 Å². The number of hydrazone groups is 1. The molecule has 0 saturated heterocycles. The molecule has 0 saturated carbocycles. The van der Waals surface area contributed by atoms with Gasteiger partial charge in [0.1, 0.15) is 0 Å². The van der Waals surface area contributed by atoms with E-state index in [1.54, 1.807) is 49.4 Å². The van der Waals surface area contributed by atoms with Crippen molar-refractivity contribution in [2.45, 2.75) is 26.7 Å². The van der Waals surface area contributed by atoms with Crippen molar-refractivity contribution in [2.75, 3.05) is 18.7 Å². The quantitative estimate of drug-likeness (QED) is 0.314. The smallest absolute Gasteiger partial charge is 0.338 e. The standard InChI is InChI=1S/C23H23IN2O5/c1-4-6-19-18(12-15-11-16(24)13-20(30-3)21(15)27)22(28)26(25-19)17-9-7-14(8-10-17)23(29)31-5-2/h7-13,27H,4-6H2,1-3H3/b18-12+. The van der Waals surface area contributed by atoms with Crippen LogP contribution in [0.2, 0.25) is 0 Å². The van der Waals surface area contributed by atoms with E-state index < -0.39 is 5.97 Å². The molecule has 3 rings (SSSR count). The molecule has 7 nitrogen and oxygen atoms in total. The summed E-state index contributed by atoms with van der Waals surface area (Å²) in [4.78, 5) is 25.1. The Morgan fingerprint density at radius 2 is 1.94 bits per heavy atom. The Balaban J connectivity index is 1.97. The maximum atomic E-state index is 13.2. The molecule has 1 aliphatic heterocycles. The van der Waals surface area contributed by atoms with Crippen molar-refractivity contribution in [2.24, 2.45) is 5.10 Å². The van der Waals surface area contributed by atoms with Crippen molar-refractivity contribution in [3.63, 3.8) is 0 Å². The van der Waals surface area contributed by atoms with Gasteiger partial charge in [-0.2, -0.15) is 10.1 Å². The zero-order valence-corrected chi connectivity index (χ0v) is 19.7. The van der Waals surface area contributed by atoms with E-state index in [-0.39, 0.29) is 11.7 Å². The first kappa shape index (κ1) is 22.8. The number of hydrogen-bond acceptors (Lipinski definition) is 6. The van der Waals surface area contributed by atoms with Gasteiger partial charge in [0.2, 0.25) is 0 Å². The lowest BCUT2D eigenvalue weighted by molar-refractivity contribution is -0.114. The molecule has 0 aliphatic carbocycles. The summed E-state index contributed by atoms with van der Waals surface area (Å²) < 4.78 is 11.1. The summed E-state index contributed by atoms with van der Waals surface area (Å²) in [7, 11) is 1.48. The highest BCUT2D eigenvalue weighted by Crippen LogP contribution is 2.35. The second kappa shape index (κ2) is 9.95. The third-order valence-corrected chi connectivity index (χ3v) is 5.28. The number of esters is 1. The fourth-order valence-electron chi connectivity index (χ4n) is 3.17. The van der Waals surface area contributed by atoms with Gasteiger partial charge in [0.05, 0.1) is 36.3 Å². The van der Waals surface area contributed by atoms with Gasteiger partial charge in [-0.3, -0.25) is 4.79 Å². The average Bonchev–Trinajstić information content (AvgIpc) is 3.06. The van der Waals surface area contributed by atoms with Crippen molar-refractivity contribution in [3.05, 3.63) is 56.7 Å². The summed E-state index contributed by atoms with van der Waals surface area (Å²) in [6.45, 7) is 4.04. The third kappa shape index (κ3) is 4.90. The Morgan fingerprint density at radius 3 is 2.55 bits per heavy atom. The van der Waals surface area contributed by atoms with Crippen molar-refractivity contribution in [1.82, 2.24) is 0 Å². The van der Waals surface area contributed by atoms with Crippen molar-refractivity contribution in [3.8, 4) is 11.5 Å². The number of phenols is 1. The van der Waals surface area contributed by atoms with Crippen LogP contribution in [0.3, 0.4) is 0 Å². The molecule has 0 radical (unpaired) electrons. The van der Waals surface area contributed by atoms with Gasteiger partial charge < -0.3 is 14.6 Å². The summed E-state index contributed by atoms with van der Waals surface area (Å²) in [5, 5.41) is 16.3. The molecule has 2 aromatic carbocycles. The van der Waals surface area contributed by atoms with Crippen LogP contribution in [0.25, 0.3) is 6.08 Å². The number of nitrogens with zero attached hydrogens (tertiary/aromatic N) is 2. The molecular weight excluding hydrogens is 511 g/mol. The number of anilines is 1. The summed E-state index contributed by atoms with van der Waals surface area (Å²) in [6.07, 6.45) is 3.06. The minimum Gasteiger partial charge on any atom is -0.504 e. The molecule has 1 aliphatic rings. The molecular formula is C23H23IN2O5. The number of phenolic OH excluding ortho intramolecular Hbond substituents is 1. The van der Waals surface area contributed by atoms with E-state index >= 15 is 0 Å². The molecule has 0 fully saturated rings.